The number of hydrogen-bond acceptors (Lipinski definition) is 3. The van der Waals surface area contributed by atoms with Crippen LogP contribution in [-0.2, 0) is 14.3 Å². The zero-order chi connectivity index (χ0) is 10.3. The molecule has 0 amide bonds. The maximum atomic E-state index is 11.3. The number of hydrogen-bond donors (Lipinski definition) is 0. The number of ether oxygens (including phenoxy) is 2. The molecule has 0 radical (unpaired) electrons. The third kappa shape index (κ3) is 4.27. The second-order valence-electron chi connectivity index (χ2n) is 3.17. The van der Waals surface area contributed by atoms with Crippen molar-refractivity contribution in [2.24, 2.45) is 11.8 Å². The van der Waals surface area contributed by atoms with Gasteiger partial charge in [0.05, 0.1) is 19.6 Å². The largest absolute Gasteiger partial charge is 0.469 e. The van der Waals surface area contributed by atoms with Crippen LogP contribution in [0, 0.1) is 11.8 Å². The number of carbonyl (C=O) groups excluding carboxylic acids is 1. The standard InChI is InChI=1S/C10H20O3/c1-5-8(3)9(7-13-6-2)10(11)12-4/h8-9H,5-7H2,1-4H3. The van der Waals surface area contributed by atoms with Gasteiger partial charge < -0.3 is 9.47 Å². The molecule has 2 atom stereocenters. The molecule has 13 heavy (non-hydrogen) atoms. The Morgan fingerprint density at radius 2 is 2.00 bits per heavy atom. The summed E-state index contributed by atoms with van der Waals surface area (Å²) in [6.45, 7) is 7.14. The van der Waals surface area contributed by atoms with Crippen molar-refractivity contribution in [2.45, 2.75) is 27.2 Å². The zero-order valence-electron chi connectivity index (χ0n) is 9.00. The third-order valence-electron chi connectivity index (χ3n) is 2.34. The molecule has 0 aromatic carbocycles. The quantitative estimate of drug-likeness (QED) is 0.597. The van der Waals surface area contributed by atoms with Crippen LogP contribution in [0.15, 0.2) is 0 Å². The number of esters is 1. The van der Waals surface area contributed by atoms with Gasteiger partial charge in [-0.1, -0.05) is 20.3 Å². The molecule has 0 saturated carbocycles. The van der Waals surface area contributed by atoms with Gasteiger partial charge in [0.25, 0.3) is 0 Å². The first-order valence-corrected chi connectivity index (χ1v) is 4.82. The summed E-state index contributed by atoms with van der Waals surface area (Å²) < 4.78 is 9.95. The van der Waals surface area contributed by atoms with Crippen LogP contribution in [0.1, 0.15) is 27.2 Å². The summed E-state index contributed by atoms with van der Waals surface area (Å²) in [4.78, 5) is 11.3. The highest BCUT2D eigenvalue weighted by atomic mass is 16.5. The van der Waals surface area contributed by atoms with E-state index in [1.54, 1.807) is 0 Å². The van der Waals surface area contributed by atoms with Gasteiger partial charge in [-0.3, -0.25) is 4.79 Å². The average molecular weight is 188 g/mol. The van der Waals surface area contributed by atoms with E-state index in [0.29, 0.717) is 19.1 Å². The van der Waals surface area contributed by atoms with E-state index < -0.39 is 0 Å². The topological polar surface area (TPSA) is 35.5 Å². The average Bonchev–Trinajstić information content (AvgIpc) is 2.17. The minimum Gasteiger partial charge on any atom is -0.469 e. The third-order valence-corrected chi connectivity index (χ3v) is 2.34. The molecular weight excluding hydrogens is 168 g/mol. The van der Waals surface area contributed by atoms with Gasteiger partial charge in [-0.25, -0.2) is 0 Å². The van der Waals surface area contributed by atoms with Crippen LogP contribution in [0.25, 0.3) is 0 Å². The summed E-state index contributed by atoms with van der Waals surface area (Å²) in [5.41, 5.74) is 0. The molecule has 0 aliphatic carbocycles. The molecule has 0 aliphatic rings. The number of methoxy groups -OCH3 is 1. The predicted octanol–water partition coefficient (Wildman–Crippen LogP) is 1.86. The first-order chi connectivity index (χ1) is 6.17. The molecule has 0 spiro atoms. The lowest BCUT2D eigenvalue weighted by atomic mass is 9.93. The van der Waals surface area contributed by atoms with E-state index in [0.717, 1.165) is 6.42 Å². The molecule has 0 aromatic rings. The molecule has 0 rings (SSSR count). The van der Waals surface area contributed by atoms with Crippen LogP contribution in [0.4, 0.5) is 0 Å². The van der Waals surface area contributed by atoms with Gasteiger partial charge in [-0.05, 0) is 12.8 Å². The fourth-order valence-electron chi connectivity index (χ4n) is 1.15. The molecule has 0 aliphatic heterocycles. The first-order valence-electron chi connectivity index (χ1n) is 4.82. The highest BCUT2D eigenvalue weighted by Crippen LogP contribution is 2.17. The van der Waals surface area contributed by atoms with Gasteiger partial charge in [0.15, 0.2) is 0 Å². The van der Waals surface area contributed by atoms with E-state index >= 15 is 0 Å². The van der Waals surface area contributed by atoms with Crippen molar-refractivity contribution in [3.05, 3.63) is 0 Å². The zero-order valence-corrected chi connectivity index (χ0v) is 9.00. The van der Waals surface area contributed by atoms with Crippen molar-refractivity contribution in [3.8, 4) is 0 Å². The maximum absolute atomic E-state index is 11.3. The Hall–Kier alpha value is -0.570. The Bertz CT molecular complexity index is 145. The monoisotopic (exact) mass is 188 g/mol. The van der Waals surface area contributed by atoms with Gasteiger partial charge in [0.1, 0.15) is 0 Å². The van der Waals surface area contributed by atoms with E-state index in [4.69, 9.17) is 9.47 Å². The van der Waals surface area contributed by atoms with Crippen molar-refractivity contribution >= 4 is 5.97 Å². The lowest BCUT2D eigenvalue weighted by Gasteiger charge is -2.19. The van der Waals surface area contributed by atoms with Crippen LogP contribution in [0.3, 0.4) is 0 Å². The van der Waals surface area contributed by atoms with Gasteiger partial charge in [-0.2, -0.15) is 0 Å². The van der Waals surface area contributed by atoms with Gasteiger partial charge in [0, 0.05) is 6.61 Å². The Morgan fingerprint density at radius 3 is 2.38 bits per heavy atom. The normalized spacial score (nSPS) is 15.1. The second kappa shape index (κ2) is 6.89. The van der Waals surface area contributed by atoms with Crippen LogP contribution >= 0.6 is 0 Å². The van der Waals surface area contributed by atoms with E-state index in [-0.39, 0.29) is 11.9 Å². The van der Waals surface area contributed by atoms with Gasteiger partial charge in [-0.15, -0.1) is 0 Å². The van der Waals surface area contributed by atoms with Gasteiger partial charge in [0.2, 0.25) is 0 Å². The molecule has 3 nitrogen and oxygen atoms in total. The van der Waals surface area contributed by atoms with Crippen molar-refractivity contribution in [2.75, 3.05) is 20.3 Å². The molecule has 0 fully saturated rings. The summed E-state index contributed by atoms with van der Waals surface area (Å²) in [5.74, 6) is 0.0387. The number of carbonyl (C=O) groups is 1. The van der Waals surface area contributed by atoms with Crippen LogP contribution in [-0.4, -0.2) is 26.3 Å². The molecule has 0 saturated heterocycles. The lowest BCUT2D eigenvalue weighted by Crippen LogP contribution is -2.27. The molecule has 0 heterocycles. The van der Waals surface area contributed by atoms with Crippen molar-refractivity contribution in [1.29, 1.82) is 0 Å². The summed E-state index contributed by atoms with van der Waals surface area (Å²) in [5, 5.41) is 0. The molecule has 78 valence electrons. The molecule has 0 N–H and O–H groups in total. The van der Waals surface area contributed by atoms with E-state index in [9.17, 15) is 4.79 Å². The van der Waals surface area contributed by atoms with E-state index in [1.165, 1.54) is 7.11 Å². The Labute approximate surface area is 80.4 Å². The fourth-order valence-corrected chi connectivity index (χ4v) is 1.15. The molecule has 0 aromatic heterocycles. The molecular formula is C10H20O3. The highest BCUT2D eigenvalue weighted by molar-refractivity contribution is 5.72. The summed E-state index contributed by atoms with van der Waals surface area (Å²) in [6.07, 6.45) is 0.965. The Balaban J connectivity index is 4.09. The van der Waals surface area contributed by atoms with Crippen LogP contribution < -0.4 is 0 Å². The van der Waals surface area contributed by atoms with Crippen molar-refractivity contribution in [1.82, 2.24) is 0 Å². The molecule has 0 bridgehead atoms. The SMILES string of the molecule is CCOCC(C(=O)OC)C(C)CC. The second-order valence-corrected chi connectivity index (χ2v) is 3.17. The molecule has 2 unspecified atom stereocenters. The van der Waals surface area contributed by atoms with Crippen LogP contribution in [0.5, 0.6) is 0 Å². The van der Waals surface area contributed by atoms with Gasteiger partial charge >= 0.3 is 5.97 Å². The first kappa shape index (κ1) is 12.4. The minimum atomic E-state index is -0.164. The van der Waals surface area contributed by atoms with Crippen molar-refractivity contribution < 1.29 is 14.3 Å². The number of rotatable bonds is 6. The fraction of sp³-hybridized carbons (Fsp3) is 0.900. The lowest BCUT2D eigenvalue weighted by molar-refractivity contribution is -0.149. The Morgan fingerprint density at radius 1 is 1.38 bits per heavy atom. The molecule has 3 heteroatoms. The summed E-state index contributed by atoms with van der Waals surface area (Å²) >= 11 is 0. The maximum Gasteiger partial charge on any atom is 0.311 e. The van der Waals surface area contributed by atoms with Crippen LogP contribution in [0.2, 0.25) is 0 Å². The predicted molar refractivity (Wildman–Crippen MR) is 51.5 cm³/mol. The van der Waals surface area contributed by atoms with Crippen molar-refractivity contribution in [3.63, 3.8) is 0 Å². The van der Waals surface area contributed by atoms with E-state index in [2.05, 4.69) is 6.92 Å². The van der Waals surface area contributed by atoms with E-state index in [1.807, 2.05) is 13.8 Å². The Kier molecular flexibility index (Phi) is 6.59. The minimum absolute atomic E-state index is 0.116. The summed E-state index contributed by atoms with van der Waals surface area (Å²) in [6, 6.07) is 0. The smallest absolute Gasteiger partial charge is 0.311 e. The highest BCUT2D eigenvalue weighted by Gasteiger charge is 2.24. The summed E-state index contributed by atoms with van der Waals surface area (Å²) in [7, 11) is 1.42.